The Labute approximate surface area is 266 Å². The summed E-state index contributed by atoms with van der Waals surface area (Å²) < 4.78 is 0. The number of carbonyl (C=O) groups is 3. The number of nitrogens with zero attached hydrogens (tertiary/aromatic N) is 3. The zero-order valence-electron chi connectivity index (χ0n) is 26.0. The highest BCUT2D eigenvalue weighted by molar-refractivity contribution is 5.94. The lowest BCUT2D eigenvalue weighted by Gasteiger charge is -2.18. The summed E-state index contributed by atoms with van der Waals surface area (Å²) in [4.78, 5) is 82.2. The summed E-state index contributed by atoms with van der Waals surface area (Å²) in [5.41, 5.74) is 5.48. The van der Waals surface area contributed by atoms with Gasteiger partial charge in [0.1, 0.15) is 0 Å². The van der Waals surface area contributed by atoms with Crippen molar-refractivity contribution in [3.8, 4) is 0 Å². The molecular formula is C34H34N6O6. The van der Waals surface area contributed by atoms with Crippen LogP contribution < -0.4 is 16.0 Å². The number of hydrogen-bond acceptors (Lipinski definition) is 9. The van der Waals surface area contributed by atoms with Crippen LogP contribution in [-0.2, 0) is 28.8 Å². The van der Waals surface area contributed by atoms with E-state index in [4.69, 9.17) is 0 Å². The van der Waals surface area contributed by atoms with E-state index in [2.05, 4.69) is 30.9 Å². The fourth-order valence-corrected chi connectivity index (χ4v) is 4.83. The van der Waals surface area contributed by atoms with Gasteiger partial charge in [-0.05, 0) is 99.0 Å². The molecule has 0 saturated heterocycles. The van der Waals surface area contributed by atoms with Gasteiger partial charge in [0.25, 0.3) is 0 Å². The molecule has 3 rings (SSSR count). The van der Waals surface area contributed by atoms with Gasteiger partial charge >= 0.3 is 0 Å². The fraction of sp³-hybridized carbons (Fsp3) is 0.294. The molecule has 0 spiro atoms. The highest BCUT2D eigenvalue weighted by Crippen LogP contribution is 2.30. The lowest BCUT2D eigenvalue weighted by atomic mass is 9.93. The Hall–Kier alpha value is -5.79. The molecule has 0 aromatic heterocycles. The molecule has 0 aliphatic heterocycles. The second kappa shape index (κ2) is 16.9. The summed E-state index contributed by atoms with van der Waals surface area (Å²) in [6, 6.07) is 13.4. The molecule has 0 saturated carbocycles. The molecular weight excluding hydrogens is 588 g/mol. The van der Waals surface area contributed by atoms with Crippen LogP contribution in [0.5, 0.6) is 0 Å². The highest BCUT2D eigenvalue weighted by Gasteiger charge is 2.19. The predicted octanol–water partition coefficient (Wildman–Crippen LogP) is 6.60. The molecule has 12 nitrogen and oxygen atoms in total. The summed E-state index contributed by atoms with van der Waals surface area (Å²) >= 11 is 0. The number of benzene rings is 3. The van der Waals surface area contributed by atoms with E-state index in [0.29, 0.717) is 52.5 Å². The minimum absolute atomic E-state index is 0.0191. The Bertz CT molecular complexity index is 1780. The maximum atomic E-state index is 13.1. The first-order valence-electron chi connectivity index (χ1n) is 14.5. The number of rotatable bonds is 14. The molecule has 12 heteroatoms. The lowest BCUT2D eigenvalue weighted by molar-refractivity contribution is -0.119. The molecule has 0 aliphatic carbocycles. The zero-order valence-corrected chi connectivity index (χ0v) is 26.0. The summed E-state index contributed by atoms with van der Waals surface area (Å²) in [5.74, 6) is -1.30. The van der Waals surface area contributed by atoms with Crippen LogP contribution in [0, 0.1) is 33.6 Å². The van der Waals surface area contributed by atoms with E-state index < -0.39 is 0 Å². The quantitative estimate of drug-likeness (QED) is 0.135. The third-order valence-corrected chi connectivity index (χ3v) is 7.42. The first-order valence-corrected chi connectivity index (χ1v) is 14.5. The number of nitrogens with one attached hydrogen (secondary N) is 3. The minimum atomic E-state index is -0.350. The van der Waals surface area contributed by atoms with Crippen molar-refractivity contribution in [3.63, 3.8) is 0 Å². The highest BCUT2D eigenvalue weighted by atomic mass is 16.2. The molecule has 3 aromatic rings. The number of anilines is 3. The summed E-state index contributed by atoms with van der Waals surface area (Å²) in [6.07, 6.45) is 5.27. The molecule has 46 heavy (non-hydrogen) atoms. The van der Waals surface area contributed by atoms with Crippen LogP contribution in [0.25, 0.3) is 0 Å². The van der Waals surface area contributed by atoms with E-state index in [1.807, 2.05) is 0 Å². The first kappa shape index (κ1) is 34.7. The molecule has 0 bridgehead atoms. The summed E-state index contributed by atoms with van der Waals surface area (Å²) in [5, 5.41) is 8.41. The molecule has 3 amide bonds. The number of isocyanates is 3. The van der Waals surface area contributed by atoms with Gasteiger partial charge in [0, 0.05) is 36.3 Å². The molecule has 3 aromatic carbocycles. The van der Waals surface area contributed by atoms with Crippen molar-refractivity contribution in [1.29, 1.82) is 0 Å². The smallest absolute Gasteiger partial charge is 0.240 e. The van der Waals surface area contributed by atoms with E-state index in [1.54, 1.807) is 76.2 Å². The van der Waals surface area contributed by atoms with Crippen LogP contribution in [0.1, 0.15) is 54.4 Å². The Morgan fingerprint density at radius 3 is 1.63 bits per heavy atom. The average Bonchev–Trinajstić information content (AvgIpc) is 3.01. The molecule has 3 N–H and O–H groups in total. The monoisotopic (exact) mass is 622 g/mol. The molecule has 1 unspecified atom stereocenters. The van der Waals surface area contributed by atoms with E-state index in [-0.39, 0.29) is 42.9 Å². The van der Waals surface area contributed by atoms with Crippen LogP contribution >= 0.6 is 0 Å². The van der Waals surface area contributed by atoms with Gasteiger partial charge in [0.2, 0.25) is 36.0 Å². The summed E-state index contributed by atoms with van der Waals surface area (Å²) in [6.45, 7) is 7.09. The van der Waals surface area contributed by atoms with E-state index in [9.17, 15) is 28.8 Å². The van der Waals surface area contributed by atoms with E-state index in [1.165, 1.54) is 18.2 Å². The standard InChI is InChI=1S/C34H34N6O6/c1-21-5-10-26(16-29(21)35-18-41)38-31(44)13-8-25(15-33(46)39-27-11-6-22(2)30(17-27)36-19-42)9-14-32(45)40-28-12-7-23(3)34(24(28)4)37-20-43/h5-7,10-12,16-17,25H,8-9,13-15H2,1-4H3,(H,38,44)(H,39,46)(H,40,45). The second-order valence-electron chi connectivity index (χ2n) is 10.8. The average molecular weight is 623 g/mol. The van der Waals surface area contributed by atoms with Gasteiger partial charge in [0.15, 0.2) is 0 Å². The first-order chi connectivity index (χ1) is 22.0. The van der Waals surface area contributed by atoms with Gasteiger partial charge in [-0.25, -0.2) is 14.4 Å². The van der Waals surface area contributed by atoms with Crippen molar-refractivity contribution < 1.29 is 28.8 Å². The van der Waals surface area contributed by atoms with Gasteiger partial charge in [-0.3, -0.25) is 14.4 Å². The van der Waals surface area contributed by atoms with Crippen LogP contribution in [0.4, 0.5) is 34.1 Å². The van der Waals surface area contributed by atoms with Crippen LogP contribution in [0.2, 0.25) is 0 Å². The largest absolute Gasteiger partial charge is 0.326 e. The second-order valence-corrected chi connectivity index (χ2v) is 10.8. The maximum Gasteiger partial charge on any atom is 0.240 e. The fourth-order valence-electron chi connectivity index (χ4n) is 4.83. The number of hydrogen-bond donors (Lipinski definition) is 3. The van der Waals surface area contributed by atoms with Crippen LogP contribution in [0.3, 0.4) is 0 Å². The Balaban J connectivity index is 1.71. The van der Waals surface area contributed by atoms with E-state index in [0.717, 1.165) is 16.7 Å². The predicted molar refractivity (Wildman–Crippen MR) is 174 cm³/mol. The number of aryl methyl sites for hydroxylation is 3. The van der Waals surface area contributed by atoms with Crippen molar-refractivity contribution in [2.24, 2.45) is 20.9 Å². The zero-order chi connectivity index (χ0) is 33.6. The molecule has 0 radical (unpaired) electrons. The van der Waals surface area contributed by atoms with Gasteiger partial charge in [-0.15, -0.1) is 0 Å². The molecule has 0 fully saturated rings. The van der Waals surface area contributed by atoms with Crippen molar-refractivity contribution in [2.45, 2.75) is 59.8 Å². The van der Waals surface area contributed by atoms with Gasteiger partial charge < -0.3 is 16.0 Å². The third-order valence-electron chi connectivity index (χ3n) is 7.42. The van der Waals surface area contributed by atoms with Crippen molar-refractivity contribution in [3.05, 3.63) is 70.8 Å². The number of amides is 3. The third kappa shape index (κ3) is 10.1. The Morgan fingerprint density at radius 1 is 0.630 bits per heavy atom. The van der Waals surface area contributed by atoms with Crippen molar-refractivity contribution in [1.82, 2.24) is 0 Å². The Kier molecular flexibility index (Phi) is 12.7. The lowest BCUT2D eigenvalue weighted by Crippen LogP contribution is -2.21. The number of carbonyl (C=O) groups excluding carboxylic acids is 6. The van der Waals surface area contributed by atoms with E-state index >= 15 is 0 Å². The van der Waals surface area contributed by atoms with Crippen molar-refractivity contribution >= 4 is 70.1 Å². The Morgan fingerprint density at radius 2 is 1.11 bits per heavy atom. The minimum Gasteiger partial charge on any atom is -0.326 e. The molecule has 236 valence electrons. The maximum absolute atomic E-state index is 13.1. The topological polar surface area (TPSA) is 176 Å². The number of aliphatic imine (C=N–C) groups is 3. The SMILES string of the molecule is Cc1ccc(NC(=O)CCC(CCC(=O)Nc2ccc(C)c(N=C=O)c2C)CC(=O)Nc2ccc(C)c(N=C=O)c2)cc1N=C=O. The van der Waals surface area contributed by atoms with Gasteiger partial charge in [0.05, 0.1) is 17.1 Å². The van der Waals surface area contributed by atoms with Gasteiger partial charge in [-0.1, -0.05) is 18.2 Å². The summed E-state index contributed by atoms with van der Waals surface area (Å²) in [7, 11) is 0. The van der Waals surface area contributed by atoms with Crippen LogP contribution in [0.15, 0.2) is 63.5 Å². The van der Waals surface area contributed by atoms with Crippen molar-refractivity contribution in [2.75, 3.05) is 16.0 Å². The molecule has 0 aliphatic rings. The molecule has 0 heterocycles. The normalized spacial score (nSPS) is 10.8. The molecule has 1 atom stereocenters. The van der Waals surface area contributed by atoms with Gasteiger partial charge in [-0.2, -0.15) is 15.0 Å². The van der Waals surface area contributed by atoms with Crippen LogP contribution in [-0.4, -0.2) is 36.0 Å².